The zero-order chi connectivity index (χ0) is 21.8. The zero-order valence-electron chi connectivity index (χ0n) is 18.2. The van der Waals surface area contributed by atoms with Crippen LogP contribution >= 0.6 is 0 Å². The van der Waals surface area contributed by atoms with Crippen LogP contribution in [0, 0.1) is 0 Å². The van der Waals surface area contributed by atoms with E-state index >= 15 is 0 Å². The SMILES string of the molecule is COc1cccc(Cn2nc3n(c2=O)CCC(NC(=O)C2(OC)CCNCC2)CC3)c1. The van der Waals surface area contributed by atoms with Crippen molar-refractivity contribution in [1.82, 2.24) is 25.0 Å². The van der Waals surface area contributed by atoms with Gasteiger partial charge in [0, 0.05) is 26.1 Å². The predicted octanol–water partition coefficient (Wildman–Crippen LogP) is 0.691. The number of nitrogens with zero attached hydrogens (tertiary/aromatic N) is 3. The molecule has 9 heteroatoms. The summed E-state index contributed by atoms with van der Waals surface area (Å²) in [5.74, 6) is 1.48. The Kier molecular flexibility index (Phi) is 6.43. The van der Waals surface area contributed by atoms with E-state index in [1.165, 1.54) is 4.68 Å². The highest BCUT2D eigenvalue weighted by Crippen LogP contribution is 2.24. The number of carbonyl (C=O) groups is 1. The lowest BCUT2D eigenvalue weighted by atomic mass is 9.90. The van der Waals surface area contributed by atoms with E-state index in [4.69, 9.17) is 9.47 Å². The second kappa shape index (κ2) is 9.23. The Labute approximate surface area is 181 Å². The van der Waals surface area contributed by atoms with Crippen LogP contribution in [-0.2, 0) is 29.0 Å². The maximum absolute atomic E-state index is 13.0. The fraction of sp³-hybridized carbons (Fsp3) is 0.591. The largest absolute Gasteiger partial charge is 0.497 e. The molecule has 0 bridgehead atoms. The van der Waals surface area contributed by atoms with Crippen molar-refractivity contribution < 1.29 is 14.3 Å². The molecular formula is C22H31N5O4. The maximum atomic E-state index is 13.0. The molecule has 1 fully saturated rings. The van der Waals surface area contributed by atoms with E-state index < -0.39 is 5.60 Å². The topological polar surface area (TPSA) is 99.4 Å². The van der Waals surface area contributed by atoms with Gasteiger partial charge in [0.1, 0.15) is 17.2 Å². The first-order chi connectivity index (χ1) is 15.0. The summed E-state index contributed by atoms with van der Waals surface area (Å²) in [4.78, 5) is 25.9. The average molecular weight is 430 g/mol. The first kappa shape index (κ1) is 21.6. The molecule has 1 aromatic heterocycles. The number of hydrogen-bond acceptors (Lipinski definition) is 6. The predicted molar refractivity (Wildman–Crippen MR) is 115 cm³/mol. The van der Waals surface area contributed by atoms with Crippen LogP contribution in [0.5, 0.6) is 5.75 Å². The zero-order valence-corrected chi connectivity index (χ0v) is 18.2. The normalized spacial score (nSPS) is 20.5. The number of ether oxygens (including phenoxy) is 2. The minimum atomic E-state index is -0.755. The number of nitrogens with one attached hydrogen (secondary N) is 2. The van der Waals surface area contributed by atoms with Gasteiger partial charge in [0.2, 0.25) is 0 Å². The quantitative estimate of drug-likeness (QED) is 0.701. The molecule has 4 rings (SSSR count). The lowest BCUT2D eigenvalue weighted by Crippen LogP contribution is -2.56. The van der Waals surface area contributed by atoms with Crippen LogP contribution in [0.25, 0.3) is 0 Å². The molecule has 2 aliphatic rings. The van der Waals surface area contributed by atoms with Crippen molar-refractivity contribution in [2.75, 3.05) is 27.3 Å². The Morgan fingerprint density at radius 1 is 1.29 bits per heavy atom. The molecule has 31 heavy (non-hydrogen) atoms. The van der Waals surface area contributed by atoms with Gasteiger partial charge in [-0.05, 0) is 56.5 Å². The monoisotopic (exact) mass is 429 g/mol. The van der Waals surface area contributed by atoms with Crippen molar-refractivity contribution in [3.63, 3.8) is 0 Å². The van der Waals surface area contributed by atoms with Gasteiger partial charge in [0.25, 0.3) is 5.91 Å². The standard InChI is InChI=1S/C22H31N5O4/c1-30-18-5-3-4-16(14-18)15-27-21(29)26-13-8-17(6-7-19(26)25-27)24-20(28)22(31-2)9-11-23-12-10-22/h3-5,14,17,23H,6-13,15H2,1-2H3,(H,24,28). The van der Waals surface area contributed by atoms with E-state index in [1.54, 1.807) is 18.8 Å². The fourth-order valence-electron chi connectivity index (χ4n) is 4.49. The molecule has 0 saturated carbocycles. The number of rotatable bonds is 6. The minimum Gasteiger partial charge on any atom is -0.497 e. The van der Waals surface area contributed by atoms with Gasteiger partial charge >= 0.3 is 5.69 Å². The average Bonchev–Trinajstić information content (AvgIpc) is 2.96. The fourth-order valence-corrected chi connectivity index (χ4v) is 4.49. The number of aryl methyl sites for hydroxylation is 1. The van der Waals surface area contributed by atoms with Crippen molar-refractivity contribution in [2.45, 2.75) is 56.8 Å². The summed E-state index contributed by atoms with van der Waals surface area (Å²) in [7, 11) is 3.23. The van der Waals surface area contributed by atoms with E-state index in [0.29, 0.717) is 38.8 Å². The molecule has 1 aromatic carbocycles. The van der Waals surface area contributed by atoms with E-state index in [1.807, 2.05) is 24.3 Å². The van der Waals surface area contributed by atoms with Gasteiger partial charge in [0.05, 0.1) is 13.7 Å². The van der Waals surface area contributed by atoms with Crippen molar-refractivity contribution in [3.8, 4) is 5.75 Å². The van der Waals surface area contributed by atoms with Gasteiger partial charge in [-0.15, -0.1) is 0 Å². The van der Waals surface area contributed by atoms with Gasteiger partial charge in [-0.2, -0.15) is 5.10 Å². The molecular weight excluding hydrogens is 398 g/mol. The van der Waals surface area contributed by atoms with E-state index in [-0.39, 0.29) is 17.6 Å². The molecule has 2 N–H and O–H groups in total. The Balaban J connectivity index is 1.41. The smallest absolute Gasteiger partial charge is 0.346 e. The van der Waals surface area contributed by atoms with Crippen LogP contribution in [0.1, 0.15) is 37.1 Å². The third-order valence-corrected chi connectivity index (χ3v) is 6.43. The number of methoxy groups -OCH3 is 2. The van der Waals surface area contributed by atoms with E-state index in [2.05, 4.69) is 15.7 Å². The number of aromatic nitrogens is 3. The molecule has 168 valence electrons. The number of amides is 1. The molecule has 1 atom stereocenters. The van der Waals surface area contributed by atoms with Crippen molar-refractivity contribution in [3.05, 3.63) is 46.1 Å². The van der Waals surface area contributed by atoms with Gasteiger partial charge in [-0.1, -0.05) is 12.1 Å². The molecule has 2 aromatic rings. The summed E-state index contributed by atoms with van der Waals surface area (Å²) in [5, 5.41) is 11.0. The first-order valence-electron chi connectivity index (χ1n) is 10.9. The third-order valence-electron chi connectivity index (χ3n) is 6.43. The molecule has 0 aliphatic carbocycles. The van der Waals surface area contributed by atoms with Crippen LogP contribution in [-0.4, -0.2) is 59.2 Å². The minimum absolute atomic E-state index is 0.00217. The molecule has 1 saturated heterocycles. The molecule has 0 radical (unpaired) electrons. The van der Waals surface area contributed by atoms with Crippen molar-refractivity contribution in [2.24, 2.45) is 0 Å². The van der Waals surface area contributed by atoms with Crippen LogP contribution in [0.3, 0.4) is 0 Å². The summed E-state index contributed by atoms with van der Waals surface area (Å²) in [6.45, 7) is 2.49. The molecule has 1 amide bonds. The van der Waals surface area contributed by atoms with E-state index in [0.717, 1.165) is 36.6 Å². The molecule has 0 spiro atoms. The highest BCUT2D eigenvalue weighted by molar-refractivity contribution is 5.85. The Morgan fingerprint density at radius 2 is 2.10 bits per heavy atom. The summed E-state index contributed by atoms with van der Waals surface area (Å²) in [6, 6.07) is 7.65. The summed E-state index contributed by atoms with van der Waals surface area (Å²) in [6.07, 6.45) is 3.42. The number of hydrogen-bond donors (Lipinski definition) is 2. The third kappa shape index (κ3) is 4.52. The Morgan fingerprint density at radius 3 is 2.84 bits per heavy atom. The van der Waals surface area contributed by atoms with Gasteiger partial charge in [-0.3, -0.25) is 9.36 Å². The summed E-state index contributed by atoms with van der Waals surface area (Å²) < 4.78 is 14.2. The van der Waals surface area contributed by atoms with Crippen molar-refractivity contribution >= 4 is 5.91 Å². The highest BCUT2D eigenvalue weighted by Gasteiger charge is 2.40. The lowest BCUT2D eigenvalue weighted by Gasteiger charge is -2.36. The lowest BCUT2D eigenvalue weighted by molar-refractivity contribution is -0.147. The van der Waals surface area contributed by atoms with Crippen LogP contribution in [0.15, 0.2) is 29.1 Å². The van der Waals surface area contributed by atoms with Crippen LogP contribution < -0.4 is 21.1 Å². The van der Waals surface area contributed by atoms with Gasteiger partial charge in [-0.25, -0.2) is 9.48 Å². The Hall–Kier alpha value is -2.65. The first-order valence-corrected chi connectivity index (χ1v) is 10.9. The second-order valence-corrected chi connectivity index (χ2v) is 8.31. The molecule has 9 nitrogen and oxygen atoms in total. The van der Waals surface area contributed by atoms with Crippen molar-refractivity contribution in [1.29, 1.82) is 0 Å². The maximum Gasteiger partial charge on any atom is 0.346 e. The number of carbonyl (C=O) groups excluding carboxylic acids is 1. The van der Waals surface area contributed by atoms with E-state index in [9.17, 15) is 9.59 Å². The molecule has 1 unspecified atom stereocenters. The second-order valence-electron chi connectivity index (χ2n) is 8.31. The Bertz CT molecular complexity index is 977. The summed E-state index contributed by atoms with van der Waals surface area (Å²) >= 11 is 0. The highest BCUT2D eigenvalue weighted by atomic mass is 16.5. The van der Waals surface area contributed by atoms with Gasteiger partial charge < -0.3 is 20.1 Å². The van der Waals surface area contributed by atoms with Crippen LogP contribution in [0.2, 0.25) is 0 Å². The van der Waals surface area contributed by atoms with Gasteiger partial charge in [0.15, 0.2) is 0 Å². The summed E-state index contributed by atoms with van der Waals surface area (Å²) in [5.41, 5.74) is 0.0948. The number of fused-ring (bicyclic) bond motifs is 1. The molecule has 3 heterocycles. The number of piperidine rings is 1. The number of benzene rings is 1. The molecule has 2 aliphatic heterocycles. The van der Waals surface area contributed by atoms with Crippen LogP contribution in [0.4, 0.5) is 0 Å².